The van der Waals surface area contributed by atoms with Crippen molar-refractivity contribution < 1.29 is 4.79 Å². The number of H-pyrrole nitrogens is 1. The fourth-order valence-corrected chi connectivity index (χ4v) is 6.17. The lowest BCUT2D eigenvalue weighted by atomic mass is 9.71. The average molecular weight is 476 g/mol. The Morgan fingerprint density at radius 2 is 2.00 bits per heavy atom. The Hall–Kier alpha value is -3.27. The van der Waals surface area contributed by atoms with Crippen molar-refractivity contribution in [3.8, 4) is 11.3 Å². The highest BCUT2D eigenvalue weighted by molar-refractivity contribution is 5.90. The van der Waals surface area contributed by atoms with Crippen LogP contribution in [0.4, 0.5) is 4.79 Å². The largest absolute Gasteiger partial charge is 0.346 e. The van der Waals surface area contributed by atoms with Crippen LogP contribution in [0.2, 0.25) is 0 Å². The first-order valence-corrected chi connectivity index (χ1v) is 12.8. The Morgan fingerprint density at radius 1 is 1.17 bits per heavy atom. The van der Waals surface area contributed by atoms with Crippen LogP contribution in [-0.4, -0.2) is 85.0 Å². The molecule has 0 spiro atoms. The topological polar surface area (TPSA) is 119 Å². The Labute approximate surface area is 204 Å². The number of fused-ring (bicyclic) bond motifs is 1. The molecule has 2 aliphatic carbocycles. The maximum atomic E-state index is 12.6. The van der Waals surface area contributed by atoms with Crippen LogP contribution < -0.4 is 5.32 Å². The van der Waals surface area contributed by atoms with E-state index in [9.17, 15) is 4.79 Å². The smallest absolute Gasteiger partial charge is 0.317 e. The molecule has 3 aliphatic rings. The molecular formula is C25H33N9O. The second-order valence-electron chi connectivity index (χ2n) is 10.1. The minimum absolute atomic E-state index is 0.101. The van der Waals surface area contributed by atoms with Crippen molar-refractivity contribution >= 4 is 23.3 Å². The number of nitrogens with one attached hydrogen (secondary N) is 3. The lowest BCUT2D eigenvalue weighted by Crippen LogP contribution is -2.60. The third kappa shape index (κ3) is 4.20. The summed E-state index contributed by atoms with van der Waals surface area (Å²) >= 11 is 0. The number of aromatic amines is 1. The van der Waals surface area contributed by atoms with E-state index < -0.39 is 0 Å². The van der Waals surface area contributed by atoms with E-state index in [0.717, 1.165) is 74.2 Å². The molecule has 0 bridgehead atoms. The number of hydrogen-bond donors (Lipinski definition) is 3. The second-order valence-corrected chi connectivity index (χ2v) is 10.1. The molecule has 1 saturated heterocycles. The molecule has 6 rings (SSSR count). The van der Waals surface area contributed by atoms with Gasteiger partial charge >= 0.3 is 6.03 Å². The molecule has 0 aromatic carbocycles. The fraction of sp³-hybridized carbons (Fsp3) is 0.560. The van der Waals surface area contributed by atoms with Crippen molar-refractivity contribution in [2.75, 3.05) is 26.2 Å². The zero-order valence-electron chi connectivity index (χ0n) is 19.9. The first kappa shape index (κ1) is 22.2. The normalized spacial score (nSPS) is 25.6. The number of piperazine rings is 1. The molecule has 184 valence electrons. The third-order valence-corrected chi connectivity index (χ3v) is 8.18. The molecule has 2 amide bonds. The van der Waals surface area contributed by atoms with Crippen LogP contribution in [0.25, 0.3) is 22.3 Å². The molecule has 2 saturated carbocycles. The fourth-order valence-electron chi connectivity index (χ4n) is 6.17. The van der Waals surface area contributed by atoms with Gasteiger partial charge in [0, 0.05) is 67.5 Å². The molecule has 3 N–H and O–H groups in total. The highest BCUT2D eigenvalue weighted by atomic mass is 16.2. The Balaban J connectivity index is 1.09. The minimum atomic E-state index is 0.101. The molecule has 10 nitrogen and oxygen atoms in total. The third-order valence-electron chi connectivity index (χ3n) is 8.18. The first-order chi connectivity index (χ1) is 17.2. The van der Waals surface area contributed by atoms with E-state index in [1.807, 2.05) is 23.4 Å². The molecule has 1 aliphatic heterocycles. The Morgan fingerprint density at radius 3 is 2.80 bits per heavy atom. The van der Waals surface area contributed by atoms with Crippen molar-refractivity contribution in [3.63, 3.8) is 0 Å². The molecule has 3 aromatic rings. The lowest BCUT2D eigenvalue weighted by Gasteiger charge is -2.51. The van der Waals surface area contributed by atoms with Crippen LogP contribution in [0.3, 0.4) is 0 Å². The second kappa shape index (κ2) is 9.41. The van der Waals surface area contributed by atoms with Gasteiger partial charge in [0.15, 0.2) is 0 Å². The van der Waals surface area contributed by atoms with Crippen LogP contribution in [0, 0.1) is 11.3 Å². The van der Waals surface area contributed by atoms with Gasteiger partial charge in [-0.25, -0.2) is 14.8 Å². The molecule has 3 atom stereocenters. The highest BCUT2D eigenvalue weighted by Gasteiger charge is 2.45. The first-order valence-electron chi connectivity index (χ1n) is 12.8. The maximum Gasteiger partial charge on any atom is 0.317 e. The molecule has 35 heavy (non-hydrogen) atoms. The summed E-state index contributed by atoms with van der Waals surface area (Å²) in [5.74, 6) is 0.344. The van der Waals surface area contributed by atoms with Gasteiger partial charge in [0.05, 0.1) is 17.9 Å². The summed E-state index contributed by atoms with van der Waals surface area (Å²) in [4.78, 5) is 29.1. The summed E-state index contributed by atoms with van der Waals surface area (Å²) in [6.45, 7) is 3.31. The van der Waals surface area contributed by atoms with Crippen LogP contribution in [0.1, 0.15) is 44.6 Å². The van der Waals surface area contributed by atoms with Gasteiger partial charge in [-0.2, -0.15) is 5.10 Å². The van der Waals surface area contributed by atoms with Gasteiger partial charge in [0.1, 0.15) is 12.0 Å². The predicted octanol–water partition coefficient (Wildman–Crippen LogP) is 3.06. The summed E-state index contributed by atoms with van der Waals surface area (Å²) < 4.78 is 2.06. The number of nitrogens with zero attached hydrogens (tertiary/aromatic N) is 6. The van der Waals surface area contributed by atoms with E-state index in [1.165, 1.54) is 19.1 Å². The molecule has 0 radical (unpaired) electrons. The Bertz CT molecular complexity index is 1190. The van der Waals surface area contributed by atoms with Crippen LogP contribution in [0.15, 0.2) is 31.0 Å². The van der Waals surface area contributed by atoms with Gasteiger partial charge in [-0.1, -0.05) is 12.8 Å². The lowest BCUT2D eigenvalue weighted by molar-refractivity contribution is -0.0107. The number of carbonyl (C=O) groups is 1. The summed E-state index contributed by atoms with van der Waals surface area (Å²) in [5.41, 5.74) is 2.69. The SMILES string of the molecule is N=CCC1C(N2CCN(C(=O)NC3CCCC3)CC2)CC1n1cc(-c2ncnc3[nH]ccc23)cn1. The van der Waals surface area contributed by atoms with Crippen molar-refractivity contribution in [2.24, 2.45) is 5.92 Å². The van der Waals surface area contributed by atoms with Crippen molar-refractivity contribution in [1.82, 2.24) is 39.8 Å². The van der Waals surface area contributed by atoms with Crippen LogP contribution in [0.5, 0.6) is 0 Å². The Kier molecular flexibility index (Phi) is 5.97. The molecule has 3 unspecified atom stereocenters. The van der Waals surface area contributed by atoms with E-state index in [0.29, 0.717) is 18.0 Å². The number of carbonyl (C=O) groups excluding carboxylic acids is 1. The van der Waals surface area contributed by atoms with Gasteiger partial charge in [0.2, 0.25) is 0 Å². The van der Waals surface area contributed by atoms with Gasteiger partial charge in [-0.3, -0.25) is 9.58 Å². The van der Waals surface area contributed by atoms with E-state index in [4.69, 9.17) is 10.5 Å². The molecular weight excluding hydrogens is 442 g/mol. The molecule has 3 aromatic heterocycles. The van der Waals surface area contributed by atoms with Gasteiger partial charge in [-0.05, 0) is 38.0 Å². The number of rotatable bonds is 6. The predicted molar refractivity (Wildman–Crippen MR) is 133 cm³/mol. The highest BCUT2D eigenvalue weighted by Crippen LogP contribution is 2.44. The monoisotopic (exact) mass is 475 g/mol. The number of urea groups is 1. The van der Waals surface area contributed by atoms with E-state index in [-0.39, 0.29) is 12.1 Å². The number of aromatic nitrogens is 5. The summed E-state index contributed by atoms with van der Waals surface area (Å²) in [7, 11) is 0. The quantitative estimate of drug-likeness (QED) is 0.474. The summed E-state index contributed by atoms with van der Waals surface area (Å²) in [6.07, 6.45) is 15.4. The zero-order valence-corrected chi connectivity index (χ0v) is 19.9. The van der Waals surface area contributed by atoms with Crippen LogP contribution in [-0.2, 0) is 0 Å². The standard InChI is InChI=1S/C25H33N9O/c26-7-5-19-21(32-9-11-33(12-10-32)25(35)31-18-3-1-2-4-18)13-22(19)34-15-17(14-30-34)23-20-6-8-27-24(20)29-16-28-23/h6-8,14-16,18-19,21-22,26H,1-5,9-13H2,(H,31,35)(H,27,28,29). The van der Waals surface area contributed by atoms with Gasteiger partial charge < -0.3 is 20.6 Å². The molecule has 3 fully saturated rings. The average Bonchev–Trinajstić information content (AvgIpc) is 3.64. The number of hydrogen-bond acceptors (Lipinski definition) is 6. The molecule has 10 heteroatoms. The summed E-state index contributed by atoms with van der Waals surface area (Å²) in [5, 5.41) is 16.7. The van der Waals surface area contributed by atoms with Gasteiger partial charge in [0.25, 0.3) is 0 Å². The van der Waals surface area contributed by atoms with E-state index in [1.54, 1.807) is 6.33 Å². The van der Waals surface area contributed by atoms with Crippen molar-refractivity contribution in [3.05, 3.63) is 31.0 Å². The molecule has 4 heterocycles. The van der Waals surface area contributed by atoms with Crippen molar-refractivity contribution in [2.45, 2.75) is 56.7 Å². The maximum absolute atomic E-state index is 12.6. The zero-order chi connectivity index (χ0) is 23.8. The minimum Gasteiger partial charge on any atom is -0.346 e. The van der Waals surface area contributed by atoms with Gasteiger partial charge in [-0.15, -0.1) is 0 Å². The van der Waals surface area contributed by atoms with E-state index >= 15 is 0 Å². The van der Waals surface area contributed by atoms with E-state index in [2.05, 4.69) is 36.0 Å². The summed E-state index contributed by atoms with van der Waals surface area (Å²) in [6, 6.07) is 3.14. The number of amides is 2. The van der Waals surface area contributed by atoms with Crippen LogP contribution >= 0.6 is 0 Å². The van der Waals surface area contributed by atoms with Crippen molar-refractivity contribution in [1.29, 1.82) is 5.41 Å².